The predicted molar refractivity (Wildman–Crippen MR) is 81.7 cm³/mol. The minimum absolute atomic E-state index is 0.00223. The summed E-state index contributed by atoms with van der Waals surface area (Å²) in [5.74, 6) is -0.0387. The van der Waals surface area contributed by atoms with Gasteiger partial charge < -0.3 is 19.7 Å². The highest BCUT2D eigenvalue weighted by molar-refractivity contribution is 5.88. The number of ether oxygens (including phenoxy) is 2. The Balaban J connectivity index is 1.69. The Morgan fingerprint density at radius 2 is 1.55 bits per heavy atom. The summed E-state index contributed by atoms with van der Waals surface area (Å²) in [6.07, 6.45) is 1.59. The third-order valence-corrected chi connectivity index (χ3v) is 2.96. The molecule has 2 aromatic carbocycles. The highest BCUT2D eigenvalue weighted by Crippen LogP contribution is 2.22. The van der Waals surface area contributed by atoms with Crippen LogP contribution in [-0.2, 0) is 0 Å². The predicted octanol–water partition coefficient (Wildman–Crippen LogP) is 3.33. The highest BCUT2D eigenvalue weighted by Gasteiger charge is 2.07. The van der Waals surface area contributed by atoms with Gasteiger partial charge in [0.25, 0.3) is 0 Å². The van der Waals surface area contributed by atoms with Crippen LogP contribution in [-0.4, -0.2) is 29.4 Å². The number of rotatable bonds is 8. The number of carbonyl (C=O) groups is 1. The molecule has 0 aromatic heterocycles. The van der Waals surface area contributed by atoms with E-state index in [1.54, 1.807) is 0 Å². The topological polar surface area (TPSA) is 76.0 Å². The second kappa shape index (κ2) is 7.93. The summed E-state index contributed by atoms with van der Waals surface area (Å²) >= 11 is 0. The Morgan fingerprint density at radius 3 is 2.18 bits per heavy atom. The van der Waals surface area contributed by atoms with Crippen molar-refractivity contribution >= 4 is 5.97 Å². The number of unbranched alkanes of at least 4 members (excludes halogenated alkanes) is 1. The van der Waals surface area contributed by atoms with Gasteiger partial charge in [-0.05, 0) is 37.1 Å². The van der Waals surface area contributed by atoms with E-state index in [-0.39, 0.29) is 11.3 Å². The largest absolute Gasteiger partial charge is 0.508 e. The van der Waals surface area contributed by atoms with Crippen LogP contribution < -0.4 is 9.47 Å². The number of phenols is 1. The van der Waals surface area contributed by atoms with Crippen molar-refractivity contribution < 1.29 is 24.5 Å². The number of para-hydroxylation sites is 1. The average Bonchev–Trinajstić information content (AvgIpc) is 2.51. The first-order chi connectivity index (χ1) is 10.6. The molecule has 0 saturated heterocycles. The van der Waals surface area contributed by atoms with Crippen LogP contribution in [0, 0.1) is 0 Å². The second-order valence-corrected chi connectivity index (χ2v) is 4.74. The summed E-state index contributed by atoms with van der Waals surface area (Å²) < 4.78 is 11.0. The van der Waals surface area contributed by atoms with E-state index in [1.165, 1.54) is 18.2 Å². The molecule has 0 amide bonds. The van der Waals surface area contributed by atoms with Crippen LogP contribution in [0.2, 0.25) is 0 Å². The first kappa shape index (κ1) is 15.7. The molecule has 2 aromatic rings. The van der Waals surface area contributed by atoms with Gasteiger partial charge in [-0.2, -0.15) is 0 Å². The molecule has 0 saturated carbocycles. The molecule has 0 unspecified atom stereocenters. The first-order valence-electron chi connectivity index (χ1n) is 7.03. The number of carboxylic acid groups (broad SMARTS) is 1. The summed E-state index contributed by atoms with van der Waals surface area (Å²) in [6, 6.07) is 13.5. The molecule has 22 heavy (non-hydrogen) atoms. The van der Waals surface area contributed by atoms with Crippen molar-refractivity contribution in [2.45, 2.75) is 12.8 Å². The lowest BCUT2D eigenvalue weighted by molar-refractivity contribution is 0.0696. The molecule has 0 aliphatic rings. The minimum atomic E-state index is -1.10. The quantitative estimate of drug-likeness (QED) is 0.731. The van der Waals surface area contributed by atoms with Gasteiger partial charge in [-0.25, -0.2) is 4.79 Å². The van der Waals surface area contributed by atoms with E-state index < -0.39 is 5.97 Å². The molecule has 0 spiro atoms. The number of aromatic carboxylic acids is 1. The van der Waals surface area contributed by atoms with Crippen molar-refractivity contribution in [1.29, 1.82) is 0 Å². The monoisotopic (exact) mass is 302 g/mol. The van der Waals surface area contributed by atoms with E-state index in [0.717, 1.165) is 18.6 Å². The fourth-order valence-corrected chi connectivity index (χ4v) is 1.89. The number of hydrogen-bond donors (Lipinski definition) is 2. The lowest BCUT2D eigenvalue weighted by Crippen LogP contribution is -2.03. The number of carboxylic acids is 1. The fourth-order valence-electron chi connectivity index (χ4n) is 1.89. The van der Waals surface area contributed by atoms with E-state index in [0.29, 0.717) is 19.0 Å². The van der Waals surface area contributed by atoms with Gasteiger partial charge in [-0.15, -0.1) is 0 Å². The van der Waals surface area contributed by atoms with Gasteiger partial charge in [0.2, 0.25) is 0 Å². The van der Waals surface area contributed by atoms with Crippen molar-refractivity contribution in [2.75, 3.05) is 13.2 Å². The summed E-state index contributed by atoms with van der Waals surface area (Å²) in [7, 11) is 0. The van der Waals surface area contributed by atoms with E-state index >= 15 is 0 Å². The van der Waals surface area contributed by atoms with Gasteiger partial charge >= 0.3 is 5.97 Å². The van der Waals surface area contributed by atoms with Crippen molar-refractivity contribution in [3.63, 3.8) is 0 Å². The molecular formula is C17H18O5. The Bertz CT molecular complexity index is 610. The molecule has 2 rings (SSSR count). The smallest absolute Gasteiger partial charge is 0.335 e. The molecule has 0 aliphatic carbocycles. The van der Waals surface area contributed by atoms with Crippen LogP contribution >= 0.6 is 0 Å². The zero-order chi connectivity index (χ0) is 15.8. The van der Waals surface area contributed by atoms with Gasteiger partial charge in [0, 0.05) is 6.07 Å². The van der Waals surface area contributed by atoms with Gasteiger partial charge in [-0.1, -0.05) is 18.2 Å². The van der Waals surface area contributed by atoms with Gasteiger partial charge in [0.15, 0.2) is 0 Å². The number of benzene rings is 2. The molecule has 116 valence electrons. The fraction of sp³-hybridized carbons (Fsp3) is 0.235. The molecule has 5 nitrogen and oxygen atoms in total. The second-order valence-electron chi connectivity index (χ2n) is 4.74. The normalized spacial score (nSPS) is 10.2. The van der Waals surface area contributed by atoms with Crippen molar-refractivity contribution in [3.8, 4) is 17.2 Å². The van der Waals surface area contributed by atoms with Crippen LogP contribution in [0.3, 0.4) is 0 Å². The van der Waals surface area contributed by atoms with Crippen LogP contribution in [0.5, 0.6) is 17.2 Å². The molecule has 0 heterocycles. The zero-order valence-electron chi connectivity index (χ0n) is 12.1. The Morgan fingerprint density at radius 1 is 0.909 bits per heavy atom. The molecular weight excluding hydrogens is 284 g/mol. The van der Waals surface area contributed by atoms with Crippen LogP contribution in [0.25, 0.3) is 0 Å². The van der Waals surface area contributed by atoms with Gasteiger partial charge in [-0.3, -0.25) is 0 Å². The maximum absolute atomic E-state index is 10.9. The standard InChI is InChI=1S/C17H18O5/c18-14-10-13(17(19)20)11-16(12-14)22-9-5-4-8-21-15-6-2-1-3-7-15/h1-3,6-7,10-12,18H,4-5,8-9H2,(H,19,20). The molecule has 0 radical (unpaired) electrons. The Kier molecular flexibility index (Phi) is 5.65. The summed E-state index contributed by atoms with van der Waals surface area (Å²) in [5, 5.41) is 18.3. The minimum Gasteiger partial charge on any atom is -0.508 e. The van der Waals surface area contributed by atoms with E-state index in [4.69, 9.17) is 14.6 Å². The molecule has 5 heteroatoms. The highest BCUT2D eigenvalue weighted by atomic mass is 16.5. The van der Waals surface area contributed by atoms with E-state index in [9.17, 15) is 9.90 Å². The van der Waals surface area contributed by atoms with E-state index in [2.05, 4.69) is 0 Å². The van der Waals surface area contributed by atoms with Crippen LogP contribution in [0.1, 0.15) is 23.2 Å². The summed E-state index contributed by atoms with van der Waals surface area (Å²) in [6.45, 7) is 1.02. The van der Waals surface area contributed by atoms with E-state index in [1.807, 2.05) is 30.3 Å². The molecule has 0 fully saturated rings. The Hall–Kier alpha value is -2.69. The SMILES string of the molecule is O=C(O)c1cc(O)cc(OCCCCOc2ccccc2)c1. The molecule has 0 aliphatic heterocycles. The Labute approximate surface area is 128 Å². The first-order valence-corrected chi connectivity index (χ1v) is 7.03. The van der Waals surface area contributed by atoms with Gasteiger partial charge in [0.05, 0.1) is 18.8 Å². The summed E-state index contributed by atoms with van der Waals surface area (Å²) in [5.41, 5.74) is 0.00223. The number of hydrogen-bond acceptors (Lipinski definition) is 4. The zero-order valence-corrected chi connectivity index (χ0v) is 12.1. The summed E-state index contributed by atoms with van der Waals surface area (Å²) in [4.78, 5) is 10.9. The molecule has 2 N–H and O–H groups in total. The third kappa shape index (κ3) is 5.01. The van der Waals surface area contributed by atoms with Crippen molar-refractivity contribution in [1.82, 2.24) is 0 Å². The molecule has 0 atom stereocenters. The number of phenolic OH excluding ortho intramolecular Hbond substituents is 1. The van der Waals surface area contributed by atoms with Gasteiger partial charge in [0.1, 0.15) is 17.2 Å². The maximum atomic E-state index is 10.9. The van der Waals surface area contributed by atoms with Crippen molar-refractivity contribution in [2.24, 2.45) is 0 Å². The van der Waals surface area contributed by atoms with Crippen LogP contribution in [0.15, 0.2) is 48.5 Å². The van der Waals surface area contributed by atoms with Crippen LogP contribution in [0.4, 0.5) is 0 Å². The lowest BCUT2D eigenvalue weighted by Gasteiger charge is -2.08. The number of aromatic hydroxyl groups is 1. The lowest BCUT2D eigenvalue weighted by atomic mass is 10.2. The third-order valence-electron chi connectivity index (χ3n) is 2.96. The van der Waals surface area contributed by atoms with Crippen molar-refractivity contribution in [3.05, 3.63) is 54.1 Å². The maximum Gasteiger partial charge on any atom is 0.335 e. The molecule has 0 bridgehead atoms. The average molecular weight is 302 g/mol.